The molecule has 0 amide bonds. The van der Waals surface area contributed by atoms with Crippen molar-refractivity contribution in [2.24, 2.45) is 0 Å². The van der Waals surface area contributed by atoms with Crippen molar-refractivity contribution in [3.8, 4) is 17.0 Å². The molecule has 0 atom stereocenters. The summed E-state index contributed by atoms with van der Waals surface area (Å²) in [4.78, 5) is 9.93. The van der Waals surface area contributed by atoms with E-state index in [1.165, 1.54) is 5.56 Å². The Labute approximate surface area is 179 Å². The molecule has 30 heavy (non-hydrogen) atoms. The number of hydrogen-bond acceptors (Lipinski definition) is 3. The number of nitrogens with zero attached hydrogens (tertiary/aromatic N) is 2. The second kappa shape index (κ2) is 10.5. The lowest BCUT2D eigenvalue weighted by atomic mass is 9.99. The fourth-order valence-corrected chi connectivity index (χ4v) is 3.59. The minimum atomic E-state index is 0.238. The molecule has 0 unspecified atom stereocenters. The van der Waals surface area contributed by atoms with Gasteiger partial charge in [-0.3, -0.25) is 0 Å². The normalized spacial score (nSPS) is 12.7. The largest absolute Gasteiger partial charge is 0.507 e. The van der Waals surface area contributed by atoms with E-state index in [-0.39, 0.29) is 5.75 Å². The molecule has 1 aromatic heterocycles. The van der Waals surface area contributed by atoms with E-state index in [1.807, 2.05) is 45.0 Å². The zero-order valence-electron chi connectivity index (χ0n) is 18.1. The Hall–Kier alpha value is -3.20. The molecule has 3 nitrogen and oxygen atoms in total. The average Bonchev–Trinajstić information content (AvgIpc) is 2.81. The van der Waals surface area contributed by atoms with Crippen LogP contribution < -0.4 is 0 Å². The van der Waals surface area contributed by atoms with Crippen LogP contribution in [0.5, 0.6) is 5.75 Å². The van der Waals surface area contributed by atoms with Gasteiger partial charge in [0.1, 0.15) is 5.75 Å². The Morgan fingerprint density at radius 1 is 0.833 bits per heavy atom. The Bertz CT molecular complexity index is 1040. The molecule has 0 spiro atoms. The maximum absolute atomic E-state index is 10.4. The van der Waals surface area contributed by atoms with Crippen LogP contribution in [0, 0.1) is 6.92 Å². The SMILES string of the molecule is CC.Cc1nc(-c2ccccc2O)c(CCc2ccccc2)nc1C1=CCCC=C1. The lowest BCUT2D eigenvalue weighted by molar-refractivity contribution is 0.477. The van der Waals surface area contributed by atoms with Gasteiger partial charge in [-0.25, -0.2) is 9.97 Å². The standard InChI is InChI=1S/C25H24N2O.C2H6/c1-18-24(20-12-6-3-7-13-20)27-22(17-16-19-10-4-2-5-11-19)25(26-18)21-14-8-9-15-23(21)28;1-2/h2,4-6,8-15,28H,3,7,16-17H2,1H3;1-2H3. The van der Waals surface area contributed by atoms with E-state index in [1.54, 1.807) is 6.07 Å². The van der Waals surface area contributed by atoms with Gasteiger partial charge in [0, 0.05) is 5.56 Å². The molecule has 4 rings (SSSR count). The summed E-state index contributed by atoms with van der Waals surface area (Å²) < 4.78 is 0. The first-order chi connectivity index (χ1) is 14.7. The first kappa shape index (κ1) is 21.5. The molecule has 3 heteroatoms. The minimum Gasteiger partial charge on any atom is -0.507 e. The fraction of sp³-hybridized carbons (Fsp3) is 0.259. The van der Waals surface area contributed by atoms with Gasteiger partial charge in [-0.15, -0.1) is 0 Å². The van der Waals surface area contributed by atoms with Crippen LogP contribution in [0.4, 0.5) is 0 Å². The van der Waals surface area contributed by atoms with E-state index in [9.17, 15) is 5.11 Å². The first-order valence-corrected chi connectivity index (χ1v) is 10.8. The molecule has 0 saturated carbocycles. The van der Waals surface area contributed by atoms with Gasteiger partial charge < -0.3 is 5.11 Å². The van der Waals surface area contributed by atoms with Gasteiger partial charge in [0.05, 0.1) is 22.8 Å². The quantitative estimate of drug-likeness (QED) is 0.520. The number of hydrogen-bond donors (Lipinski definition) is 1. The predicted molar refractivity (Wildman–Crippen MR) is 125 cm³/mol. The summed E-state index contributed by atoms with van der Waals surface area (Å²) >= 11 is 0. The third kappa shape index (κ3) is 5.04. The van der Waals surface area contributed by atoms with Crippen LogP contribution in [-0.4, -0.2) is 15.1 Å². The van der Waals surface area contributed by atoms with Gasteiger partial charge in [0.15, 0.2) is 0 Å². The summed E-state index contributed by atoms with van der Waals surface area (Å²) in [5.74, 6) is 0.238. The second-order valence-electron chi connectivity index (χ2n) is 7.09. The Balaban J connectivity index is 0.00000124. The summed E-state index contributed by atoms with van der Waals surface area (Å²) in [5.41, 5.74) is 6.67. The fourth-order valence-electron chi connectivity index (χ4n) is 3.59. The molecule has 154 valence electrons. The van der Waals surface area contributed by atoms with Gasteiger partial charge in [-0.05, 0) is 55.9 Å². The van der Waals surface area contributed by atoms with Crippen molar-refractivity contribution in [3.63, 3.8) is 0 Å². The Morgan fingerprint density at radius 2 is 1.57 bits per heavy atom. The highest BCUT2D eigenvalue weighted by Crippen LogP contribution is 2.32. The molecule has 0 bridgehead atoms. The Morgan fingerprint density at radius 3 is 2.27 bits per heavy atom. The van der Waals surface area contributed by atoms with Crippen molar-refractivity contribution in [2.75, 3.05) is 0 Å². The van der Waals surface area contributed by atoms with Crippen LogP contribution in [0.15, 0.2) is 72.8 Å². The number of rotatable bonds is 5. The maximum Gasteiger partial charge on any atom is 0.125 e. The number of para-hydroxylation sites is 1. The van der Waals surface area contributed by atoms with Gasteiger partial charge in [-0.2, -0.15) is 0 Å². The maximum atomic E-state index is 10.4. The highest BCUT2D eigenvalue weighted by Gasteiger charge is 2.17. The molecule has 0 fully saturated rings. The zero-order valence-corrected chi connectivity index (χ0v) is 18.1. The van der Waals surface area contributed by atoms with Gasteiger partial charge in [-0.1, -0.05) is 74.5 Å². The molecule has 0 aliphatic heterocycles. The highest BCUT2D eigenvalue weighted by molar-refractivity contribution is 5.76. The molecule has 3 aromatic rings. The number of aryl methyl sites for hydroxylation is 3. The highest BCUT2D eigenvalue weighted by atomic mass is 16.3. The predicted octanol–water partition coefficient (Wildman–Crippen LogP) is 6.70. The van der Waals surface area contributed by atoms with Crippen molar-refractivity contribution in [2.45, 2.75) is 46.5 Å². The molecule has 0 saturated heterocycles. The van der Waals surface area contributed by atoms with Crippen LogP contribution >= 0.6 is 0 Å². The third-order valence-electron chi connectivity index (χ3n) is 5.06. The van der Waals surface area contributed by atoms with Crippen molar-refractivity contribution in [1.29, 1.82) is 0 Å². The lowest BCUT2D eigenvalue weighted by Crippen LogP contribution is -2.07. The topological polar surface area (TPSA) is 46.0 Å². The molecule has 0 radical (unpaired) electrons. The van der Waals surface area contributed by atoms with E-state index in [0.717, 1.165) is 59.6 Å². The van der Waals surface area contributed by atoms with Crippen LogP contribution in [-0.2, 0) is 12.8 Å². The van der Waals surface area contributed by atoms with E-state index >= 15 is 0 Å². The minimum absolute atomic E-state index is 0.238. The number of benzene rings is 2. The third-order valence-corrected chi connectivity index (χ3v) is 5.06. The number of phenolic OH excluding ortho intramolecular Hbond substituents is 1. The molecule has 1 aliphatic carbocycles. The molecular weight excluding hydrogens is 368 g/mol. The monoisotopic (exact) mass is 398 g/mol. The number of phenols is 1. The second-order valence-corrected chi connectivity index (χ2v) is 7.09. The van der Waals surface area contributed by atoms with Crippen molar-refractivity contribution >= 4 is 5.57 Å². The van der Waals surface area contributed by atoms with Crippen LogP contribution in [0.2, 0.25) is 0 Å². The number of aromatic nitrogens is 2. The van der Waals surface area contributed by atoms with Crippen LogP contribution in [0.3, 0.4) is 0 Å². The van der Waals surface area contributed by atoms with E-state index in [2.05, 4.69) is 42.5 Å². The van der Waals surface area contributed by atoms with Crippen molar-refractivity contribution in [3.05, 3.63) is 95.5 Å². The van der Waals surface area contributed by atoms with Crippen LogP contribution in [0.25, 0.3) is 16.8 Å². The molecule has 1 aliphatic rings. The Kier molecular flexibility index (Phi) is 7.56. The summed E-state index contributed by atoms with van der Waals surface area (Å²) in [6.45, 7) is 6.00. The van der Waals surface area contributed by atoms with Crippen molar-refractivity contribution in [1.82, 2.24) is 9.97 Å². The molecular formula is C27H30N2O. The van der Waals surface area contributed by atoms with E-state index in [4.69, 9.17) is 9.97 Å². The van der Waals surface area contributed by atoms with Gasteiger partial charge >= 0.3 is 0 Å². The summed E-state index contributed by atoms with van der Waals surface area (Å²) in [6, 6.07) is 17.8. The summed E-state index contributed by atoms with van der Waals surface area (Å²) in [5, 5.41) is 10.4. The average molecular weight is 399 g/mol. The summed E-state index contributed by atoms with van der Waals surface area (Å²) in [6.07, 6.45) is 10.3. The van der Waals surface area contributed by atoms with Crippen LogP contribution in [0.1, 0.15) is 49.3 Å². The molecule has 2 aromatic carbocycles. The number of allylic oxidation sites excluding steroid dienone is 4. The molecule has 1 N–H and O–H groups in total. The molecule has 1 heterocycles. The van der Waals surface area contributed by atoms with Gasteiger partial charge in [0.2, 0.25) is 0 Å². The summed E-state index contributed by atoms with van der Waals surface area (Å²) in [7, 11) is 0. The van der Waals surface area contributed by atoms with E-state index < -0.39 is 0 Å². The smallest absolute Gasteiger partial charge is 0.125 e. The van der Waals surface area contributed by atoms with Gasteiger partial charge in [0.25, 0.3) is 0 Å². The lowest BCUT2D eigenvalue weighted by Gasteiger charge is -2.15. The van der Waals surface area contributed by atoms with E-state index in [0.29, 0.717) is 0 Å². The first-order valence-electron chi connectivity index (χ1n) is 10.8. The zero-order chi connectivity index (χ0) is 21.3. The van der Waals surface area contributed by atoms with Crippen molar-refractivity contribution < 1.29 is 5.11 Å². The number of aromatic hydroxyl groups is 1.